The molecule has 0 aromatic rings. The van der Waals surface area contributed by atoms with E-state index in [-0.39, 0.29) is 6.09 Å². The molecule has 0 aromatic carbocycles. The summed E-state index contributed by atoms with van der Waals surface area (Å²) in [6.07, 6.45) is 4.23. The van der Waals surface area contributed by atoms with Gasteiger partial charge in [-0.15, -0.1) is 0 Å². The van der Waals surface area contributed by atoms with E-state index < -0.39 is 5.60 Å². The van der Waals surface area contributed by atoms with Crippen molar-refractivity contribution in [1.82, 2.24) is 10.6 Å². The fourth-order valence-electron chi connectivity index (χ4n) is 1.98. The molecule has 1 rings (SSSR count). The van der Waals surface area contributed by atoms with Crippen molar-refractivity contribution >= 4 is 6.09 Å². The van der Waals surface area contributed by atoms with Gasteiger partial charge in [-0.3, -0.25) is 0 Å². The number of nitrogens with one attached hydrogen (secondary N) is 2. The maximum absolute atomic E-state index is 11.4. The summed E-state index contributed by atoms with van der Waals surface area (Å²) in [6.45, 7) is 9.00. The summed E-state index contributed by atoms with van der Waals surface area (Å²) in [7, 11) is 0. The topological polar surface area (TPSA) is 59.6 Å². The average Bonchev–Trinajstić information content (AvgIpc) is 2.54. The summed E-state index contributed by atoms with van der Waals surface area (Å²) in [4.78, 5) is 11.4. The van der Waals surface area contributed by atoms with Crippen LogP contribution in [0.5, 0.6) is 0 Å². The molecule has 0 spiro atoms. The fraction of sp³-hybridized carbons (Fsp3) is 0.929. The number of rotatable bonds is 5. The van der Waals surface area contributed by atoms with Crippen molar-refractivity contribution in [1.29, 1.82) is 0 Å². The maximum atomic E-state index is 11.4. The van der Waals surface area contributed by atoms with Gasteiger partial charge in [0.25, 0.3) is 0 Å². The fourth-order valence-corrected chi connectivity index (χ4v) is 1.98. The summed E-state index contributed by atoms with van der Waals surface area (Å²) in [5.41, 5.74) is -0.437. The molecule has 1 saturated heterocycles. The Morgan fingerprint density at radius 3 is 2.84 bits per heavy atom. The Hall–Kier alpha value is -0.810. The van der Waals surface area contributed by atoms with E-state index in [2.05, 4.69) is 10.6 Å². The van der Waals surface area contributed by atoms with Gasteiger partial charge in [0.2, 0.25) is 0 Å². The van der Waals surface area contributed by atoms with E-state index in [1.165, 1.54) is 6.42 Å². The molecule has 2 N–H and O–H groups in total. The zero-order valence-electron chi connectivity index (χ0n) is 12.5. The highest BCUT2D eigenvalue weighted by atomic mass is 16.6. The van der Waals surface area contributed by atoms with E-state index in [1.54, 1.807) is 0 Å². The Balaban J connectivity index is 2.00. The molecule has 1 aliphatic heterocycles. The molecule has 0 radical (unpaired) electrons. The molecule has 1 heterocycles. The normalized spacial score (nSPS) is 20.7. The van der Waals surface area contributed by atoms with Gasteiger partial charge in [-0.25, -0.2) is 4.79 Å². The van der Waals surface area contributed by atoms with Gasteiger partial charge in [0.05, 0.1) is 6.10 Å². The molecule has 112 valence electrons. The van der Waals surface area contributed by atoms with Crippen LogP contribution in [0.3, 0.4) is 0 Å². The largest absolute Gasteiger partial charge is 0.444 e. The Bertz CT molecular complexity index is 256. The molecule has 5 nitrogen and oxygen atoms in total. The van der Waals surface area contributed by atoms with Crippen molar-refractivity contribution in [3.63, 3.8) is 0 Å². The van der Waals surface area contributed by atoms with Crippen LogP contribution in [0.1, 0.15) is 46.5 Å². The molecule has 0 aromatic heterocycles. The second-order valence-electron chi connectivity index (χ2n) is 5.96. The molecule has 1 amide bonds. The molecule has 0 bridgehead atoms. The van der Waals surface area contributed by atoms with Crippen LogP contribution in [-0.2, 0) is 9.47 Å². The van der Waals surface area contributed by atoms with E-state index in [1.807, 2.05) is 20.8 Å². The van der Waals surface area contributed by atoms with Crippen LogP contribution in [0.2, 0.25) is 0 Å². The van der Waals surface area contributed by atoms with Gasteiger partial charge in [0.15, 0.2) is 0 Å². The Labute approximate surface area is 116 Å². The molecule has 5 heteroatoms. The summed E-state index contributed by atoms with van der Waals surface area (Å²) in [6, 6.07) is 0. The lowest BCUT2D eigenvalue weighted by Crippen LogP contribution is -2.33. The van der Waals surface area contributed by atoms with Crippen molar-refractivity contribution in [2.24, 2.45) is 0 Å². The number of hydrogen-bond donors (Lipinski definition) is 2. The Morgan fingerprint density at radius 1 is 1.32 bits per heavy atom. The third-order valence-electron chi connectivity index (χ3n) is 2.87. The molecular formula is C14H28N2O3. The Morgan fingerprint density at radius 2 is 2.11 bits per heavy atom. The quantitative estimate of drug-likeness (QED) is 0.752. The first-order valence-corrected chi connectivity index (χ1v) is 7.26. The lowest BCUT2D eigenvalue weighted by atomic mass is 10.1. The molecule has 1 aliphatic rings. The first-order valence-electron chi connectivity index (χ1n) is 7.26. The van der Waals surface area contributed by atoms with Crippen LogP contribution < -0.4 is 10.6 Å². The van der Waals surface area contributed by atoms with Crippen LogP contribution in [0, 0.1) is 0 Å². The molecule has 1 atom stereocenters. The van der Waals surface area contributed by atoms with Gasteiger partial charge < -0.3 is 20.1 Å². The highest BCUT2D eigenvalue weighted by Gasteiger charge is 2.15. The van der Waals surface area contributed by atoms with Gasteiger partial charge in [-0.05, 0) is 59.5 Å². The van der Waals surface area contributed by atoms with E-state index in [0.29, 0.717) is 19.3 Å². The van der Waals surface area contributed by atoms with Gasteiger partial charge in [-0.1, -0.05) is 0 Å². The van der Waals surface area contributed by atoms with Crippen LogP contribution in [0.15, 0.2) is 0 Å². The molecule has 19 heavy (non-hydrogen) atoms. The first-order chi connectivity index (χ1) is 8.97. The average molecular weight is 272 g/mol. The third-order valence-corrected chi connectivity index (χ3v) is 2.87. The van der Waals surface area contributed by atoms with Crippen LogP contribution >= 0.6 is 0 Å². The zero-order chi connectivity index (χ0) is 14.1. The number of ether oxygens (including phenoxy) is 2. The third kappa shape index (κ3) is 8.83. The number of carbonyl (C=O) groups is 1. The van der Waals surface area contributed by atoms with E-state index in [0.717, 1.165) is 32.4 Å². The second kappa shape index (κ2) is 8.38. The Kier molecular flexibility index (Phi) is 7.16. The van der Waals surface area contributed by atoms with Gasteiger partial charge >= 0.3 is 6.09 Å². The van der Waals surface area contributed by atoms with Gasteiger partial charge in [0.1, 0.15) is 5.60 Å². The SMILES string of the molecule is CC(C)(C)OC(=O)NCCCOC1CCCNCC1. The summed E-state index contributed by atoms with van der Waals surface area (Å²) >= 11 is 0. The zero-order valence-corrected chi connectivity index (χ0v) is 12.5. The number of amides is 1. The van der Waals surface area contributed by atoms with Crippen LogP contribution in [0.25, 0.3) is 0 Å². The molecular weight excluding hydrogens is 244 g/mol. The number of carbonyl (C=O) groups excluding carboxylic acids is 1. The predicted molar refractivity (Wildman–Crippen MR) is 75.3 cm³/mol. The number of alkyl carbamates (subject to hydrolysis) is 1. The predicted octanol–water partition coefficient (Wildman–Crippen LogP) is 2.06. The summed E-state index contributed by atoms with van der Waals surface area (Å²) in [5, 5.41) is 6.10. The van der Waals surface area contributed by atoms with E-state index >= 15 is 0 Å². The smallest absolute Gasteiger partial charge is 0.407 e. The van der Waals surface area contributed by atoms with E-state index in [4.69, 9.17) is 9.47 Å². The van der Waals surface area contributed by atoms with Crippen molar-refractivity contribution in [2.45, 2.75) is 58.2 Å². The minimum atomic E-state index is -0.437. The summed E-state index contributed by atoms with van der Waals surface area (Å²) in [5.74, 6) is 0. The monoisotopic (exact) mass is 272 g/mol. The first kappa shape index (κ1) is 16.2. The maximum Gasteiger partial charge on any atom is 0.407 e. The standard InChI is InChI=1S/C14H28N2O3/c1-14(2,3)19-13(17)16-9-5-11-18-12-6-4-8-15-10-7-12/h12,15H,4-11H2,1-3H3,(H,16,17). The van der Waals surface area contributed by atoms with Crippen molar-refractivity contribution in [3.05, 3.63) is 0 Å². The van der Waals surface area contributed by atoms with Crippen molar-refractivity contribution < 1.29 is 14.3 Å². The number of hydrogen-bond acceptors (Lipinski definition) is 4. The van der Waals surface area contributed by atoms with Gasteiger partial charge in [0, 0.05) is 13.2 Å². The van der Waals surface area contributed by atoms with Crippen molar-refractivity contribution in [3.8, 4) is 0 Å². The molecule has 1 fully saturated rings. The summed E-state index contributed by atoms with van der Waals surface area (Å²) < 4.78 is 11.0. The van der Waals surface area contributed by atoms with Crippen LogP contribution in [0.4, 0.5) is 4.79 Å². The second-order valence-corrected chi connectivity index (χ2v) is 5.96. The highest BCUT2D eigenvalue weighted by Crippen LogP contribution is 2.09. The molecule has 0 saturated carbocycles. The molecule has 0 aliphatic carbocycles. The lowest BCUT2D eigenvalue weighted by molar-refractivity contribution is 0.0403. The highest BCUT2D eigenvalue weighted by molar-refractivity contribution is 5.67. The lowest BCUT2D eigenvalue weighted by Gasteiger charge is -2.20. The minimum Gasteiger partial charge on any atom is -0.444 e. The van der Waals surface area contributed by atoms with Gasteiger partial charge in [-0.2, -0.15) is 0 Å². The minimum absolute atomic E-state index is 0.355. The van der Waals surface area contributed by atoms with Crippen molar-refractivity contribution in [2.75, 3.05) is 26.2 Å². The molecule has 1 unspecified atom stereocenters. The van der Waals surface area contributed by atoms with E-state index in [9.17, 15) is 4.79 Å². The van der Waals surface area contributed by atoms with Crippen LogP contribution in [-0.4, -0.2) is 44.0 Å².